The monoisotopic (exact) mass is 447 g/mol. The Morgan fingerprint density at radius 3 is 2.90 bits per heavy atom. The van der Waals surface area contributed by atoms with Crippen molar-refractivity contribution < 1.29 is 19.1 Å². The van der Waals surface area contributed by atoms with E-state index in [4.69, 9.17) is 9.47 Å². The van der Waals surface area contributed by atoms with E-state index in [-0.39, 0.29) is 17.6 Å². The standard InChI is InChI=1S/C22H29N3O5S/c1-4-5-10-25-20(27)17-9-8-15(21(28)29-3)12-18(17)24-22(25)31-14(2)19(26)23-13-16-7-6-11-30-16/h8-9,12,14,16H,4-7,10-11,13H2,1-3H3,(H,23,26)/t14-,16+/m0/s1. The third-order valence-electron chi connectivity index (χ3n) is 5.26. The normalized spacial score (nSPS) is 16.9. The number of methoxy groups -OCH3 is 1. The highest BCUT2D eigenvalue weighted by Gasteiger charge is 2.22. The molecule has 1 amide bonds. The highest BCUT2D eigenvalue weighted by atomic mass is 32.2. The van der Waals surface area contributed by atoms with Crippen LogP contribution in [0.2, 0.25) is 0 Å². The van der Waals surface area contributed by atoms with Gasteiger partial charge in [0, 0.05) is 19.7 Å². The Kier molecular flexibility index (Phi) is 8.09. The minimum Gasteiger partial charge on any atom is -0.465 e. The molecule has 1 saturated heterocycles. The third-order valence-corrected chi connectivity index (χ3v) is 6.35. The minimum absolute atomic E-state index is 0.0689. The van der Waals surface area contributed by atoms with Gasteiger partial charge < -0.3 is 14.8 Å². The van der Waals surface area contributed by atoms with Gasteiger partial charge in [0.1, 0.15) is 0 Å². The van der Waals surface area contributed by atoms with Gasteiger partial charge in [0.15, 0.2) is 5.16 Å². The molecule has 0 radical (unpaired) electrons. The molecule has 3 rings (SSSR count). The van der Waals surface area contributed by atoms with E-state index in [0.29, 0.717) is 34.7 Å². The molecule has 168 valence electrons. The second-order valence-corrected chi connectivity index (χ2v) is 8.88. The third kappa shape index (κ3) is 5.65. The van der Waals surface area contributed by atoms with Crippen molar-refractivity contribution in [1.82, 2.24) is 14.9 Å². The molecule has 1 aliphatic rings. The van der Waals surface area contributed by atoms with E-state index >= 15 is 0 Å². The van der Waals surface area contributed by atoms with Crippen LogP contribution < -0.4 is 10.9 Å². The molecule has 1 aromatic heterocycles. The number of benzene rings is 1. The van der Waals surface area contributed by atoms with Gasteiger partial charge in [-0.1, -0.05) is 25.1 Å². The molecule has 1 aliphatic heterocycles. The lowest BCUT2D eigenvalue weighted by Crippen LogP contribution is -2.37. The van der Waals surface area contributed by atoms with Crippen LogP contribution in [0.5, 0.6) is 0 Å². The summed E-state index contributed by atoms with van der Waals surface area (Å²) in [6.45, 7) is 5.59. The zero-order valence-corrected chi connectivity index (χ0v) is 19.0. The second kappa shape index (κ2) is 10.8. The van der Waals surface area contributed by atoms with Gasteiger partial charge in [0.05, 0.1) is 34.9 Å². The summed E-state index contributed by atoms with van der Waals surface area (Å²) in [6.07, 6.45) is 3.78. The zero-order chi connectivity index (χ0) is 22.4. The largest absolute Gasteiger partial charge is 0.465 e. The van der Waals surface area contributed by atoms with Crippen molar-refractivity contribution in [2.24, 2.45) is 0 Å². The number of hydrogen-bond donors (Lipinski definition) is 1. The van der Waals surface area contributed by atoms with Gasteiger partial charge in [0.2, 0.25) is 5.91 Å². The van der Waals surface area contributed by atoms with Crippen LogP contribution in [0.3, 0.4) is 0 Å². The highest BCUT2D eigenvalue weighted by Crippen LogP contribution is 2.24. The molecule has 2 atom stereocenters. The van der Waals surface area contributed by atoms with E-state index < -0.39 is 11.2 Å². The van der Waals surface area contributed by atoms with Crippen molar-refractivity contribution in [2.45, 2.75) is 62.6 Å². The fourth-order valence-electron chi connectivity index (χ4n) is 3.42. The summed E-state index contributed by atoms with van der Waals surface area (Å²) in [4.78, 5) is 42.3. The van der Waals surface area contributed by atoms with Crippen LogP contribution in [0.15, 0.2) is 28.2 Å². The lowest BCUT2D eigenvalue weighted by molar-refractivity contribution is -0.120. The molecule has 0 bridgehead atoms. The Morgan fingerprint density at radius 1 is 1.42 bits per heavy atom. The van der Waals surface area contributed by atoms with Crippen LogP contribution in [0, 0.1) is 0 Å². The Bertz CT molecular complexity index is 1000. The molecule has 1 fully saturated rings. The molecule has 8 nitrogen and oxygen atoms in total. The van der Waals surface area contributed by atoms with Crippen LogP contribution in [-0.2, 0) is 20.8 Å². The second-order valence-electron chi connectivity index (χ2n) is 7.57. The molecular formula is C22H29N3O5S. The molecule has 0 saturated carbocycles. The maximum atomic E-state index is 13.1. The number of esters is 1. The zero-order valence-electron chi connectivity index (χ0n) is 18.2. The number of carbonyl (C=O) groups excluding carboxylic acids is 2. The summed E-state index contributed by atoms with van der Waals surface area (Å²) in [5.74, 6) is -0.616. The number of ether oxygens (including phenoxy) is 2. The number of fused-ring (bicyclic) bond motifs is 1. The van der Waals surface area contributed by atoms with Crippen molar-refractivity contribution in [3.05, 3.63) is 34.1 Å². The van der Waals surface area contributed by atoms with Gasteiger partial charge in [0.25, 0.3) is 5.56 Å². The number of rotatable bonds is 9. The molecule has 2 heterocycles. The maximum absolute atomic E-state index is 13.1. The van der Waals surface area contributed by atoms with Crippen LogP contribution in [-0.4, -0.2) is 53.0 Å². The van der Waals surface area contributed by atoms with E-state index in [1.54, 1.807) is 29.7 Å². The Balaban J connectivity index is 1.87. The van der Waals surface area contributed by atoms with E-state index in [9.17, 15) is 14.4 Å². The number of amides is 1. The summed E-state index contributed by atoms with van der Waals surface area (Å²) < 4.78 is 11.9. The van der Waals surface area contributed by atoms with Gasteiger partial charge >= 0.3 is 5.97 Å². The predicted octanol–water partition coefficient (Wildman–Crippen LogP) is 2.76. The van der Waals surface area contributed by atoms with Gasteiger partial charge in [-0.2, -0.15) is 0 Å². The van der Waals surface area contributed by atoms with Crippen LogP contribution in [0.1, 0.15) is 49.9 Å². The number of thioether (sulfide) groups is 1. The lowest BCUT2D eigenvalue weighted by Gasteiger charge is -2.17. The number of hydrogen-bond acceptors (Lipinski definition) is 7. The summed E-state index contributed by atoms with van der Waals surface area (Å²) in [5, 5.41) is 3.39. The highest BCUT2D eigenvalue weighted by molar-refractivity contribution is 8.00. The summed E-state index contributed by atoms with van der Waals surface area (Å²) in [5.41, 5.74) is 0.561. The molecule has 0 unspecified atom stereocenters. The number of nitrogens with one attached hydrogen (secondary N) is 1. The first-order valence-electron chi connectivity index (χ1n) is 10.6. The Hall–Kier alpha value is -2.39. The number of unbranched alkanes of at least 4 members (excludes halogenated alkanes) is 1. The van der Waals surface area contributed by atoms with Crippen molar-refractivity contribution in [3.8, 4) is 0 Å². The number of aromatic nitrogens is 2. The van der Waals surface area contributed by atoms with Gasteiger partial charge in [-0.3, -0.25) is 14.2 Å². The van der Waals surface area contributed by atoms with Gasteiger partial charge in [-0.15, -0.1) is 0 Å². The number of nitrogens with zero attached hydrogens (tertiary/aromatic N) is 2. The summed E-state index contributed by atoms with van der Waals surface area (Å²) >= 11 is 1.24. The summed E-state index contributed by atoms with van der Waals surface area (Å²) in [6, 6.07) is 4.72. The first-order chi connectivity index (χ1) is 14.9. The Morgan fingerprint density at radius 2 is 2.23 bits per heavy atom. The molecule has 9 heteroatoms. The van der Waals surface area contributed by atoms with Crippen LogP contribution >= 0.6 is 11.8 Å². The van der Waals surface area contributed by atoms with Crippen molar-refractivity contribution in [2.75, 3.05) is 20.3 Å². The molecule has 1 aromatic carbocycles. The predicted molar refractivity (Wildman–Crippen MR) is 120 cm³/mol. The molecule has 2 aromatic rings. The first-order valence-corrected chi connectivity index (χ1v) is 11.5. The van der Waals surface area contributed by atoms with Crippen molar-refractivity contribution >= 4 is 34.5 Å². The quantitative estimate of drug-likeness (QED) is 0.358. The molecular weight excluding hydrogens is 418 g/mol. The van der Waals surface area contributed by atoms with E-state index in [1.165, 1.54) is 18.9 Å². The average Bonchev–Trinajstić information content (AvgIpc) is 3.30. The maximum Gasteiger partial charge on any atom is 0.337 e. The van der Waals surface area contributed by atoms with Crippen molar-refractivity contribution in [1.29, 1.82) is 0 Å². The minimum atomic E-state index is -0.491. The SMILES string of the molecule is CCCCn1c(S[C@@H](C)C(=O)NC[C@H]2CCCO2)nc2cc(C(=O)OC)ccc2c1=O. The molecule has 31 heavy (non-hydrogen) atoms. The smallest absolute Gasteiger partial charge is 0.337 e. The number of carbonyl (C=O) groups is 2. The van der Waals surface area contributed by atoms with Crippen molar-refractivity contribution in [3.63, 3.8) is 0 Å². The topological polar surface area (TPSA) is 99.5 Å². The van der Waals surface area contributed by atoms with Gasteiger partial charge in [-0.25, -0.2) is 9.78 Å². The first kappa shape index (κ1) is 23.3. The van der Waals surface area contributed by atoms with Crippen LogP contribution in [0.4, 0.5) is 0 Å². The molecule has 1 N–H and O–H groups in total. The molecule has 0 aliphatic carbocycles. The Labute approximate surface area is 185 Å². The molecule has 0 spiro atoms. The average molecular weight is 448 g/mol. The fraction of sp³-hybridized carbons (Fsp3) is 0.545. The lowest BCUT2D eigenvalue weighted by atomic mass is 10.1. The van der Waals surface area contributed by atoms with E-state index in [0.717, 1.165) is 32.3 Å². The van der Waals surface area contributed by atoms with Gasteiger partial charge in [-0.05, 0) is 44.4 Å². The van der Waals surface area contributed by atoms with E-state index in [2.05, 4.69) is 17.2 Å². The summed E-state index contributed by atoms with van der Waals surface area (Å²) in [7, 11) is 1.31. The fourth-order valence-corrected chi connectivity index (χ4v) is 4.38. The van der Waals surface area contributed by atoms with Crippen LogP contribution in [0.25, 0.3) is 10.9 Å². The van der Waals surface area contributed by atoms with E-state index in [1.807, 2.05) is 0 Å².